The van der Waals surface area contributed by atoms with Gasteiger partial charge in [-0.3, -0.25) is 9.48 Å². The summed E-state index contributed by atoms with van der Waals surface area (Å²) in [6.07, 6.45) is 2.56. The average Bonchev–Trinajstić information content (AvgIpc) is 3.54. The summed E-state index contributed by atoms with van der Waals surface area (Å²) in [4.78, 5) is 39.6. The predicted octanol–water partition coefficient (Wildman–Crippen LogP) is 3.55. The summed E-state index contributed by atoms with van der Waals surface area (Å²) < 4.78 is 12.1. The van der Waals surface area contributed by atoms with Crippen LogP contribution in [-0.4, -0.2) is 65.0 Å². The molecule has 0 bridgehead atoms. The van der Waals surface area contributed by atoms with Gasteiger partial charge >= 0.3 is 12.1 Å². The fourth-order valence-corrected chi connectivity index (χ4v) is 4.64. The van der Waals surface area contributed by atoms with Gasteiger partial charge in [0.1, 0.15) is 11.3 Å². The lowest BCUT2D eigenvalue weighted by Crippen LogP contribution is -2.47. The molecule has 2 amide bonds. The topological polar surface area (TPSA) is 103 Å². The van der Waals surface area contributed by atoms with Crippen LogP contribution in [0.2, 0.25) is 0 Å². The zero-order chi connectivity index (χ0) is 24.6. The van der Waals surface area contributed by atoms with E-state index in [9.17, 15) is 14.4 Å². The Bertz CT molecular complexity index is 1140. The van der Waals surface area contributed by atoms with E-state index in [4.69, 9.17) is 9.47 Å². The molecule has 0 aliphatic carbocycles. The minimum Gasteiger partial charge on any atom is -0.452 e. The van der Waals surface area contributed by atoms with Crippen molar-refractivity contribution in [2.24, 2.45) is 0 Å². The zero-order valence-electron chi connectivity index (χ0n) is 19.5. The third-order valence-corrected chi connectivity index (χ3v) is 6.52. The molecule has 184 valence electrons. The molecule has 1 N–H and O–H groups in total. The Hall–Kier alpha value is -3.66. The molecular formula is C25H28N4O5S. The Kier molecular flexibility index (Phi) is 8.15. The number of hydrogen-bond acceptors (Lipinski definition) is 7. The van der Waals surface area contributed by atoms with Crippen molar-refractivity contribution in [3.63, 3.8) is 0 Å². The number of amides is 2. The Morgan fingerprint density at radius 2 is 1.86 bits per heavy atom. The first-order chi connectivity index (χ1) is 17.0. The number of rotatable bonds is 8. The van der Waals surface area contributed by atoms with E-state index >= 15 is 0 Å². The normalized spacial score (nSPS) is 13.9. The lowest BCUT2D eigenvalue weighted by atomic mass is 10.1. The molecule has 0 unspecified atom stereocenters. The SMILES string of the molecule is CCOC(=O)N1CCC(NC(=O)COC(=O)c2cn(Cc3ccccc3)nc2-c2cccs2)CC1. The third-order valence-electron chi connectivity index (χ3n) is 5.64. The second kappa shape index (κ2) is 11.7. The van der Waals surface area contributed by atoms with Crippen molar-refractivity contribution >= 4 is 29.3 Å². The molecule has 0 radical (unpaired) electrons. The number of ether oxygens (including phenoxy) is 2. The summed E-state index contributed by atoms with van der Waals surface area (Å²) in [6.45, 7) is 3.24. The molecule has 1 saturated heterocycles. The maximum absolute atomic E-state index is 12.9. The molecule has 0 saturated carbocycles. The molecule has 0 atom stereocenters. The molecule has 9 nitrogen and oxygen atoms in total. The predicted molar refractivity (Wildman–Crippen MR) is 131 cm³/mol. The Morgan fingerprint density at radius 3 is 2.54 bits per heavy atom. The van der Waals surface area contributed by atoms with E-state index in [-0.39, 0.29) is 24.6 Å². The summed E-state index contributed by atoms with van der Waals surface area (Å²) in [5.41, 5.74) is 1.91. The van der Waals surface area contributed by atoms with Crippen LogP contribution in [-0.2, 0) is 20.8 Å². The fourth-order valence-electron chi connectivity index (χ4n) is 3.92. The van der Waals surface area contributed by atoms with Gasteiger partial charge in [-0.15, -0.1) is 11.3 Å². The molecule has 2 aromatic heterocycles. The van der Waals surface area contributed by atoms with Gasteiger partial charge < -0.3 is 19.7 Å². The largest absolute Gasteiger partial charge is 0.452 e. The van der Waals surface area contributed by atoms with Crippen molar-refractivity contribution in [3.05, 3.63) is 65.2 Å². The van der Waals surface area contributed by atoms with E-state index in [2.05, 4.69) is 10.4 Å². The molecule has 1 aliphatic rings. The van der Waals surface area contributed by atoms with Crippen LogP contribution in [0.3, 0.4) is 0 Å². The quantitative estimate of drug-likeness (QED) is 0.479. The molecule has 35 heavy (non-hydrogen) atoms. The van der Waals surface area contributed by atoms with Gasteiger partial charge in [0.15, 0.2) is 6.61 Å². The highest BCUT2D eigenvalue weighted by molar-refractivity contribution is 7.13. The number of likely N-dealkylation sites (tertiary alicyclic amines) is 1. The van der Waals surface area contributed by atoms with Gasteiger partial charge in [0.05, 0.1) is 18.0 Å². The monoisotopic (exact) mass is 496 g/mol. The van der Waals surface area contributed by atoms with Gasteiger partial charge in [-0.2, -0.15) is 5.10 Å². The molecule has 3 heterocycles. The number of benzene rings is 1. The van der Waals surface area contributed by atoms with Crippen molar-refractivity contribution in [2.45, 2.75) is 32.4 Å². The van der Waals surface area contributed by atoms with E-state index in [0.29, 0.717) is 50.3 Å². The Balaban J connectivity index is 1.33. The van der Waals surface area contributed by atoms with Crippen LogP contribution < -0.4 is 5.32 Å². The van der Waals surface area contributed by atoms with Crippen molar-refractivity contribution in [2.75, 3.05) is 26.3 Å². The van der Waals surface area contributed by atoms with Gasteiger partial charge in [0, 0.05) is 25.3 Å². The maximum atomic E-state index is 12.9. The summed E-state index contributed by atoms with van der Waals surface area (Å²) in [5.74, 6) is -0.970. The smallest absolute Gasteiger partial charge is 0.409 e. The highest BCUT2D eigenvalue weighted by atomic mass is 32.1. The first-order valence-electron chi connectivity index (χ1n) is 11.6. The van der Waals surface area contributed by atoms with Crippen LogP contribution in [0.25, 0.3) is 10.6 Å². The van der Waals surface area contributed by atoms with E-state index in [0.717, 1.165) is 10.4 Å². The molecule has 3 aromatic rings. The van der Waals surface area contributed by atoms with Crippen molar-refractivity contribution in [3.8, 4) is 10.6 Å². The van der Waals surface area contributed by atoms with E-state index in [1.54, 1.807) is 22.7 Å². The van der Waals surface area contributed by atoms with Crippen LogP contribution >= 0.6 is 11.3 Å². The Labute approximate surface area is 207 Å². The minimum atomic E-state index is -0.597. The number of nitrogens with one attached hydrogen (secondary N) is 1. The molecule has 10 heteroatoms. The lowest BCUT2D eigenvalue weighted by Gasteiger charge is -2.31. The summed E-state index contributed by atoms with van der Waals surface area (Å²) in [7, 11) is 0. The third kappa shape index (κ3) is 6.48. The van der Waals surface area contributed by atoms with E-state index in [1.165, 1.54) is 11.3 Å². The van der Waals surface area contributed by atoms with Crippen LogP contribution in [0.1, 0.15) is 35.7 Å². The van der Waals surface area contributed by atoms with Gasteiger partial charge in [-0.05, 0) is 36.8 Å². The number of aromatic nitrogens is 2. The summed E-state index contributed by atoms with van der Waals surface area (Å²) in [6, 6.07) is 13.5. The number of thiophene rings is 1. The number of nitrogens with zero attached hydrogens (tertiary/aromatic N) is 3. The van der Waals surface area contributed by atoms with Crippen molar-refractivity contribution in [1.29, 1.82) is 0 Å². The first kappa shape index (κ1) is 24.5. The maximum Gasteiger partial charge on any atom is 0.409 e. The first-order valence-corrected chi connectivity index (χ1v) is 12.4. The molecule has 1 fully saturated rings. The fraction of sp³-hybridized carbons (Fsp3) is 0.360. The standard InChI is InChI=1S/C25H28N4O5S/c1-2-33-25(32)28-12-10-19(11-13-28)26-22(30)17-34-24(31)20-16-29(15-18-7-4-3-5-8-18)27-23(20)21-9-6-14-35-21/h3-9,14,16,19H,2,10-13,15,17H2,1H3,(H,26,30). The second-order valence-electron chi connectivity index (χ2n) is 8.16. The summed E-state index contributed by atoms with van der Waals surface area (Å²) in [5, 5.41) is 9.41. The molecule has 1 aromatic carbocycles. The highest BCUT2D eigenvalue weighted by Crippen LogP contribution is 2.27. The van der Waals surface area contributed by atoms with Crippen LogP contribution in [0.4, 0.5) is 4.79 Å². The van der Waals surface area contributed by atoms with E-state index < -0.39 is 5.97 Å². The summed E-state index contributed by atoms with van der Waals surface area (Å²) >= 11 is 1.48. The molecule has 4 rings (SSSR count). The van der Waals surface area contributed by atoms with Gasteiger partial charge in [0.2, 0.25) is 0 Å². The number of carbonyl (C=O) groups excluding carboxylic acids is 3. The van der Waals surface area contributed by atoms with Crippen LogP contribution in [0.5, 0.6) is 0 Å². The van der Waals surface area contributed by atoms with Gasteiger partial charge in [0.25, 0.3) is 5.91 Å². The molecule has 0 spiro atoms. The van der Waals surface area contributed by atoms with Gasteiger partial charge in [-0.25, -0.2) is 9.59 Å². The highest BCUT2D eigenvalue weighted by Gasteiger charge is 2.25. The second-order valence-corrected chi connectivity index (χ2v) is 9.10. The number of carbonyl (C=O) groups is 3. The van der Waals surface area contributed by atoms with Crippen molar-refractivity contribution in [1.82, 2.24) is 20.0 Å². The average molecular weight is 497 g/mol. The van der Waals surface area contributed by atoms with Gasteiger partial charge in [-0.1, -0.05) is 36.4 Å². The van der Waals surface area contributed by atoms with Crippen LogP contribution in [0.15, 0.2) is 54.0 Å². The molecule has 1 aliphatic heterocycles. The lowest BCUT2D eigenvalue weighted by molar-refractivity contribution is -0.125. The Morgan fingerprint density at radius 1 is 1.09 bits per heavy atom. The minimum absolute atomic E-state index is 0.0813. The molecular weight excluding hydrogens is 468 g/mol. The zero-order valence-corrected chi connectivity index (χ0v) is 20.3. The van der Waals surface area contributed by atoms with E-state index in [1.807, 2.05) is 47.8 Å². The van der Waals surface area contributed by atoms with Crippen LogP contribution in [0, 0.1) is 0 Å². The number of esters is 1. The number of piperidine rings is 1. The van der Waals surface area contributed by atoms with Crippen molar-refractivity contribution < 1.29 is 23.9 Å². The number of hydrogen-bond donors (Lipinski definition) is 1.